The maximum absolute atomic E-state index is 9.51. The standard InChI is InChI=1S/C14H12Cl3NO2/c1-20-13-3-2-9(15)4-8(13)7-18-10-5-11(16)14(19)12(17)6-10/h2-6,18-19H,7H2,1H3. The first kappa shape index (κ1) is 15.1. The van der Waals surface area contributed by atoms with Gasteiger partial charge in [-0.2, -0.15) is 0 Å². The van der Waals surface area contributed by atoms with Gasteiger partial charge >= 0.3 is 0 Å². The molecule has 0 aliphatic carbocycles. The second-order valence-electron chi connectivity index (χ2n) is 4.10. The van der Waals surface area contributed by atoms with Crippen molar-refractivity contribution in [3.63, 3.8) is 0 Å². The Morgan fingerprint density at radius 3 is 2.35 bits per heavy atom. The van der Waals surface area contributed by atoms with Crippen molar-refractivity contribution in [3.05, 3.63) is 51.0 Å². The average Bonchev–Trinajstić information content (AvgIpc) is 2.42. The number of methoxy groups -OCH3 is 1. The lowest BCUT2D eigenvalue weighted by atomic mass is 10.2. The van der Waals surface area contributed by atoms with Crippen molar-refractivity contribution in [2.75, 3.05) is 12.4 Å². The Kier molecular flexibility index (Phi) is 4.86. The monoisotopic (exact) mass is 331 g/mol. The first-order valence-electron chi connectivity index (χ1n) is 5.75. The van der Waals surface area contributed by atoms with E-state index in [1.165, 1.54) is 0 Å². The SMILES string of the molecule is COc1ccc(Cl)cc1CNc1cc(Cl)c(O)c(Cl)c1. The van der Waals surface area contributed by atoms with Crippen LogP contribution in [0.5, 0.6) is 11.5 Å². The van der Waals surface area contributed by atoms with Crippen LogP contribution in [0.15, 0.2) is 30.3 Å². The van der Waals surface area contributed by atoms with Gasteiger partial charge < -0.3 is 15.2 Å². The Labute approximate surface area is 132 Å². The van der Waals surface area contributed by atoms with Crippen molar-refractivity contribution in [1.29, 1.82) is 0 Å². The molecule has 0 atom stereocenters. The van der Waals surface area contributed by atoms with Crippen LogP contribution in [-0.2, 0) is 6.54 Å². The molecular formula is C14H12Cl3NO2. The molecule has 0 radical (unpaired) electrons. The number of anilines is 1. The Bertz CT molecular complexity index is 609. The van der Waals surface area contributed by atoms with E-state index in [2.05, 4.69) is 5.32 Å². The molecule has 2 N–H and O–H groups in total. The van der Waals surface area contributed by atoms with Gasteiger partial charge in [0.05, 0.1) is 17.2 Å². The molecule has 20 heavy (non-hydrogen) atoms. The summed E-state index contributed by atoms with van der Waals surface area (Å²) in [4.78, 5) is 0. The second kappa shape index (κ2) is 6.44. The lowest BCUT2D eigenvalue weighted by Gasteiger charge is -2.12. The quantitative estimate of drug-likeness (QED) is 0.776. The molecule has 0 aliphatic rings. The van der Waals surface area contributed by atoms with E-state index in [0.717, 1.165) is 11.3 Å². The summed E-state index contributed by atoms with van der Waals surface area (Å²) in [6.07, 6.45) is 0. The highest BCUT2D eigenvalue weighted by molar-refractivity contribution is 6.37. The van der Waals surface area contributed by atoms with Gasteiger partial charge in [0.2, 0.25) is 0 Å². The number of phenols is 1. The Morgan fingerprint density at radius 2 is 1.75 bits per heavy atom. The third-order valence-electron chi connectivity index (χ3n) is 2.74. The van der Waals surface area contributed by atoms with E-state index >= 15 is 0 Å². The number of ether oxygens (including phenoxy) is 1. The highest BCUT2D eigenvalue weighted by Crippen LogP contribution is 2.35. The summed E-state index contributed by atoms with van der Waals surface area (Å²) in [6, 6.07) is 8.57. The number of rotatable bonds is 4. The number of nitrogens with one attached hydrogen (secondary N) is 1. The number of phenolic OH excluding ortho intramolecular Hbond substituents is 1. The molecular weight excluding hydrogens is 321 g/mol. The third kappa shape index (κ3) is 3.42. The molecule has 6 heteroatoms. The fourth-order valence-electron chi connectivity index (χ4n) is 1.75. The summed E-state index contributed by atoms with van der Waals surface area (Å²) < 4.78 is 5.26. The average molecular weight is 333 g/mol. The molecule has 0 unspecified atom stereocenters. The van der Waals surface area contributed by atoms with Crippen molar-refractivity contribution in [3.8, 4) is 11.5 Å². The van der Waals surface area contributed by atoms with Crippen LogP contribution in [0.3, 0.4) is 0 Å². The first-order valence-corrected chi connectivity index (χ1v) is 6.89. The van der Waals surface area contributed by atoms with Crippen molar-refractivity contribution in [1.82, 2.24) is 0 Å². The minimum Gasteiger partial charge on any atom is -0.505 e. The zero-order valence-corrected chi connectivity index (χ0v) is 12.9. The van der Waals surface area contributed by atoms with Gasteiger partial charge in [0.15, 0.2) is 5.75 Å². The molecule has 2 aromatic rings. The fourth-order valence-corrected chi connectivity index (χ4v) is 2.43. The molecule has 0 aromatic heterocycles. The van der Waals surface area contributed by atoms with E-state index in [4.69, 9.17) is 39.5 Å². The summed E-state index contributed by atoms with van der Waals surface area (Å²) in [5.74, 6) is 0.608. The van der Waals surface area contributed by atoms with Crippen LogP contribution in [0.2, 0.25) is 15.1 Å². The topological polar surface area (TPSA) is 41.5 Å². The number of halogens is 3. The van der Waals surface area contributed by atoms with Crippen molar-refractivity contribution in [2.45, 2.75) is 6.54 Å². The molecule has 106 valence electrons. The van der Waals surface area contributed by atoms with Crippen molar-refractivity contribution in [2.24, 2.45) is 0 Å². The van der Waals surface area contributed by atoms with E-state index in [1.54, 1.807) is 31.4 Å². The van der Waals surface area contributed by atoms with Crippen LogP contribution in [0, 0.1) is 0 Å². The highest BCUT2D eigenvalue weighted by atomic mass is 35.5. The van der Waals surface area contributed by atoms with Crippen LogP contribution in [0.1, 0.15) is 5.56 Å². The van der Waals surface area contributed by atoms with E-state index < -0.39 is 0 Å². The largest absolute Gasteiger partial charge is 0.505 e. The van der Waals surface area contributed by atoms with Crippen LogP contribution in [-0.4, -0.2) is 12.2 Å². The van der Waals surface area contributed by atoms with Gasteiger partial charge in [0.1, 0.15) is 5.75 Å². The first-order chi connectivity index (χ1) is 9.51. The highest BCUT2D eigenvalue weighted by Gasteiger charge is 2.08. The van der Waals surface area contributed by atoms with Crippen LogP contribution in [0.4, 0.5) is 5.69 Å². The molecule has 3 nitrogen and oxygen atoms in total. The molecule has 0 fully saturated rings. The maximum Gasteiger partial charge on any atom is 0.152 e. The number of benzene rings is 2. The van der Waals surface area contributed by atoms with Crippen LogP contribution in [0.25, 0.3) is 0 Å². The predicted octanol–water partition coefficient (Wildman–Crippen LogP) is 4.97. The molecule has 0 spiro atoms. The summed E-state index contributed by atoms with van der Waals surface area (Å²) in [6.45, 7) is 0.487. The third-order valence-corrected chi connectivity index (χ3v) is 3.55. The predicted molar refractivity (Wildman–Crippen MR) is 83.5 cm³/mol. The van der Waals surface area contributed by atoms with Gasteiger partial charge in [-0.05, 0) is 30.3 Å². The molecule has 0 saturated carbocycles. The van der Waals surface area contributed by atoms with E-state index in [9.17, 15) is 5.11 Å². The molecule has 2 aromatic carbocycles. The molecule has 0 bridgehead atoms. The zero-order valence-electron chi connectivity index (χ0n) is 10.6. The summed E-state index contributed by atoms with van der Waals surface area (Å²) in [5.41, 5.74) is 1.60. The molecule has 0 saturated heterocycles. The van der Waals surface area contributed by atoms with Crippen molar-refractivity contribution >= 4 is 40.5 Å². The van der Waals surface area contributed by atoms with Gasteiger partial charge in [-0.1, -0.05) is 34.8 Å². The smallest absolute Gasteiger partial charge is 0.152 e. The van der Waals surface area contributed by atoms with Gasteiger partial charge in [0.25, 0.3) is 0 Å². The molecule has 0 heterocycles. The van der Waals surface area contributed by atoms with Crippen molar-refractivity contribution < 1.29 is 9.84 Å². The summed E-state index contributed by atoms with van der Waals surface area (Å²) >= 11 is 17.7. The lowest BCUT2D eigenvalue weighted by Crippen LogP contribution is -2.01. The Balaban J connectivity index is 2.18. The summed E-state index contributed by atoms with van der Waals surface area (Å²) in [5, 5.41) is 13.7. The Hall–Kier alpha value is -1.29. The van der Waals surface area contributed by atoms with E-state index in [0.29, 0.717) is 17.3 Å². The van der Waals surface area contributed by atoms with Gasteiger partial charge in [-0.15, -0.1) is 0 Å². The Morgan fingerprint density at radius 1 is 1.10 bits per heavy atom. The second-order valence-corrected chi connectivity index (χ2v) is 5.35. The number of hydrogen-bond acceptors (Lipinski definition) is 3. The lowest BCUT2D eigenvalue weighted by molar-refractivity contribution is 0.410. The van der Waals surface area contributed by atoms with Gasteiger partial charge in [0, 0.05) is 22.8 Å². The molecule has 0 aliphatic heterocycles. The maximum atomic E-state index is 9.51. The number of hydrogen-bond donors (Lipinski definition) is 2. The van der Waals surface area contributed by atoms with Gasteiger partial charge in [-0.3, -0.25) is 0 Å². The fraction of sp³-hybridized carbons (Fsp3) is 0.143. The molecule has 2 rings (SSSR count). The molecule has 0 amide bonds. The van der Waals surface area contributed by atoms with Gasteiger partial charge in [-0.25, -0.2) is 0 Å². The van der Waals surface area contributed by atoms with Crippen LogP contribution >= 0.6 is 34.8 Å². The number of aromatic hydroxyl groups is 1. The minimum atomic E-state index is -0.126. The van der Waals surface area contributed by atoms with E-state index in [-0.39, 0.29) is 15.8 Å². The minimum absolute atomic E-state index is 0.126. The van der Waals surface area contributed by atoms with Crippen LogP contribution < -0.4 is 10.1 Å². The summed E-state index contributed by atoms with van der Waals surface area (Å²) in [7, 11) is 1.60. The normalized spacial score (nSPS) is 10.4. The zero-order chi connectivity index (χ0) is 14.7. The van der Waals surface area contributed by atoms with E-state index in [1.807, 2.05) is 6.07 Å².